The molecular formula is C18H27N3O3S. The molecule has 1 aromatic carbocycles. The van der Waals surface area contributed by atoms with E-state index in [2.05, 4.69) is 17.0 Å². The van der Waals surface area contributed by atoms with Gasteiger partial charge in [0.1, 0.15) is 0 Å². The minimum atomic E-state index is -3.26. The first-order chi connectivity index (χ1) is 11.8. The normalized spacial score (nSPS) is 29.8. The molecule has 7 heteroatoms. The van der Waals surface area contributed by atoms with Crippen LogP contribution in [-0.4, -0.2) is 74.5 Å². The van der Waals surface area contributed by atoms with Gasteiger partial charge in [0.05, 0.1) is 11.2 Å². The predicted octanol–water partition coefficient (Wildman–Crippen LogP) is 1.00. The van der Waals surface area contributed by atoms with Gasteiger partial charge in [-0.3, -0.25) is 9.69 Å². The number of carbonyl (C=O) groups is 1. The second-order valence-electron chi connectivity index (χ2n) is 7.44. The fourth-order valence-corrected chi connectivity index (χ4v) is 5.93. The molecular weight excluding hydrogens is 338 g/mol. The lowest BCUT2D eigenvalue weighted by Gasteiger charge is -2.53. The first kappa shape index (κ1) is 18.4. The smallest absolute Gasteiger partial charge is 0.231 e. The van der Waals surface area contributed by atoms with Crippen molar-refractivity contribution in [1.82, 2.24) is 14.1 Å². The molecule has 2 atom stereocenters. The molecule has 0 spiro atoms. The summed E-state index contributed by atoms with van der Waals surface area (Å²) in [5, 5.41) is 0. The van der Waals surface area contributed by atoms with Gasteiger partial charge in [-0.2, -0.15) is 0 Å². The van der Waals surface area contributed by atoms with E-state index < -0.39 is 15.4 Å². The maximum Gasteiger partial charge on any atom is 0.231 e. The Morgan fingerprint density at radius 1 is 1.28 bits per heavy atom. The quantitative estimate of drug-likeness (QED) is 0.802. The van der Waals surface area contributed by atoms with Crippen molar-refractivity contribution in [3.8, 4) is 0 Å². The summed E-state index contributed by atoms with van der Waals surface area (Å²) < 4.78 is 26.1. The summed E-state index contributed by atoms with van der Waals surface area (Å²) in [5.74, 6) is 0.0793. The van der Waals surface area contributed by atoms with Crippen molar-refractivity contribution in [2.24, 2.45) is 5.41 Å². The Bertz CT molecular complexity index is 735. The Morgan fingerprint density at radius 2 is 1.96 bits per heavy atom. The van der Waals surface area contributed by atoms with E-state index in [9.17, 15) is 13.2 Å². The molecule has 0 N–H and O–H groups in total. The Hall–Kier alpha value is -1.44. The van der Waals surface area contributed by atoms with Crippen molar-refractivity contribution in [2.75, 3.05) is 40.0 Å². The molecule has 0 bridgehead atoms. The van der Waals surface area contributed by atoms with Crippen LogP contribution in [0, 0.1) is 5.41 Å². The van der Waals surface area contributed by atoms with Gasteiger partial charge < -0.3 is 4.90 Å². The van der Waals surface area contributed by atoms with Crippen molar-refractivity contribution in [3.63, 3.8) is 0 Å². The van der Waals surface area contributed by atoms with Crippen LogP contribution in [0.4, 0.5) is 0 Å². The topological polar surface area (TPSA) is 60.9 Å². The van der Waals surface area contributed by atoms with Crippen LogP contribution in [0.25, 0.3) is 0 Å². The first-order valence-electron chi connectivity index (χ1n) is 8.70. The number of benzene rings is 1. The van der Waals surface area contributed by atoms with E-state index in [0.29, 0.717) is 19.4 Å². The number of rotatable bonds is 3. The molecule has 2 heterocycles. The number of hydrogen-bond acceptors (Lipinski definition) is 4. The monoisotopic (exact) mass is 365 g/mol. The lowest BCUT2D eigenvalue weighted by molar-refractivity contribution is -0.148. The summed E-state index contributed by atoms with van der Waals surface area (Å²) in [4.78, 5) is 17.0. The van der Waals surface area contributed by atoms with Gasteiger partial charge in [0.25, 0.3) is 0 Å². The number of piperidine rings is 1. The number of hydrogen-bond donors (Lipinski definition) is 0. The summed E-state index contributed by atoms with van der Waals surface area (Å²) in [7, 11) is 1.88. The maximum atomic E-state index is 13.1. The van der Waals surface area contributed by atoms with Crippen molar-refractivity contribution in [2.45, 2.75) is 25.4 Å². The molecule has 0 unspecified atom stereocenters. The third-order valence-electron chi connectivity index (χ3n) is 5.63. The fourth-order valence-electron chi connectivity index (χ4n) is 4.33. The minimum absolute atomic E-state index is 0.0389. The van der Waals surface area contributed by atoms with Gasteiger partial charge in [-0.05, 0) is 18.4 Å². The van der Waals surface area contributed by atoms with Crippen LogP contribution < -0.4 is 0 Å². The molecule has 1 amide bonds. The molecule has 2 aliphatic heterocycles. The van der Waals surface area contributed by atoms with Crippen molar-refractivity contribution in [1.29, 1.82) is 0 Å². The molecule has 2 saturated heterocycles. The van der Waals surface area contributed by atoms with E-state index in [1.807, 2.05) is 18.2 Å². The van der Waals surface area contributed by atoms with Crippen LogP contribution in [0.5, 0.6) is 0 Å². The molecule has 138 valence electrons. The zero-order valence-electron chi connectivity index (χ0n) is 15.2. The third kappa shape index (κ3) is 3.32. The number of likely N-dealkylation sites (tertiary alicyclic amines) is 1. The highest BCUT2D eigenvalue weighted by atomic mass is 32.2. The number of amides is 1. The largest absolute Gasteiger partial charge is 0.348 e. The van der Waals surface area contributed by atoms with E-state index in [4.69, 9.17) is 0 Å². The van der Waals surface area contributed by atoms with Crippen LogP contribution in [0.1, 0.15) is 18.4 Å². The van der Waals surface area contributed by atoms with Gasteiger partial charge in [-0.25, -0.2) is 12.7 Å². The van der Waals surface area contributed by atoms with Crippen molar-refractivity contribution < 1.29 is 13.2 Å². The first-order valence-corrected chi connectivity index (χ1v) is 10.3. The molecule has 2 fully saturated rings. The summed E-state index contributed by atoms with van der Waals surface area (Å²) >= 11 is 0. The molecule has 0 saturated carbocycles. The van der Waals surface area contributed by atoms with Crippen LogP contribution in [0.15, 0.2) is 30.3 Å². The van der Waals surface area contributed by atoms with Crippen molar-refractivity contribution >= 4 is 15.9 Å². The molecule has 25 heavy (non-hydrogen) atoms. The Morgan fingerprint density at radius 3 is 2.60 bits per heavy atom. The molecule has 0 aliphatic carbocycles. The second-order valence-corrected chi connectivity index (χ2v) is 9.59. The van der Waals surface area contributed by atoms with Gasteiger partial charge in [-0.15, -0.1) is 0 Å². The van der Waals surface area contributed by atoms with E-state index >= 15 is 0 Å². The highest BCUT2D eigenvalue weighted by Crippen LogP contribution is 2.43. The van der Waals surface area contributed by atoms with Gasteiger partial charge in [0.2, 0.25) is 15.9 Å². The molecule has 6 nitrogen and oxygen atoms in total. The van der Waals surface area contributed by atoms with Gasteiger partial charge in [0.15, 0.2) is 0 Å². The molecule has 1 aromatic rings. The van der Waals surface area contributed by atoms with E-state index in [1.54, 1.807) is 26.0 Å². The Labute approximate surface area is 150 Å². The standard InChI is InChI=1S/C18H27N3O3S/c1-19(2)17(22)18-10-12-25(23,24)20(3)16(18)9-11-21(14-18)13-15-7-5-4-6-8-15/h4-8,16H,9-14H2,1-3H3/t16-,18+/m1/s1. The highest BCUT2D eigenvalue weighted by molar-refractivity contribution is 7.89. The average Bonchev–Trinajstić information content (AvgIpc) is 2.59. The molecule has 2 aliphatic rings. The predicted molar refractivity (Wildman–Crippen MR) is 97.4 cm³/mol. The second kappa shape index (κ2) is 6.70. The summed E-state index contributed by atoms with van der Waals surface area (Å²) in [6, 6.07) is 9.95. The maximum absolute atomic E-state index is 13.1. The minimum Gasteiger partial charge on any atom is -0.348 e. The van der Waals surface area contributed by atoms with E-state index in [-0.39, 0.29) is 17.7 Å². The lowest BCUT2D eigenvalue weighted by Crippen LogP contribution is -2.66. The third-order valence-corrected chi connectivity index (χ3v) is 7.48. The number of sulfonamides is 1. The van der Waals surface area contributed by atoms with Crippen LogP contribution in [0.2, 0.25) is 0 Å². The summed E-state index contributed by atoms with van der Waals surface area (Å²) in [6.45, 7) is 2.18. The lowest BCUT2D eigenvalue weighted by atomic mass is 9.72. The molecule has 3 rings (SSSR count). The SMILES string of the molecule is CN(C)C(=O)[C@]12CCS(=O)(=O)N(C)[C@@H]1CCN(Cc1ccccc1)C2. The Kier molecular flexibility index (Phi) is 4.92. The van der Waals surface area contributed by atoms with Crippen molar-refractivity contribution in [3.05, 3.63) is 35.9 Å². The molecule has 0 aromatic heterocycles. The number of nitrogens with zero attached hydrogens (tertiary/aromatic N) is 3. The molecule has 0 radical (unpaired) electrons. The van der Waals surface area contributed by atoms with E-state index in [0.717, 1.165) is 13.1 Å². The van der Waals surface area contributed by atoms with Crippen LogP contribution in [0.3, 0.4) is 0 Å². The summed E-state index contributed by atoms with van der Waals surface area (Å²) in [6.07, 6.45) is 1.08. The summed E-state index contributed by atoms with van der Waals surface area (Å²) in [5.41, 5.74) is 0.557. The van der Waals surface area contributed by atoms with Gasteiger partial charge >= 0.3 is 0 Å². The van der Waals surface area contributed by atoms with Gasteiger partial charge in [-0.1, -0.05) is 30.3 Å². The Balaban J connectivity index is 1.89. The van der Waals surface area contributed by atoms with Gasteiger partial charge in [0, 0.05) is 46.8 Å². The zero-order chi connectivity index (χ0) is 18.2. The average molecular weight is 365 g/mol. The van der Waals surface area contributed by atoms with Crippen LogP contribution in [-0.2, 0) is 21.4 Å². The van der Waals surface area contributed by atoms with Crippen LogP contribution >= 0.6 is 0 Å². The zero-order valence-corrected chi connectivity index (χ0v) is 16.0. The fraction of sp³-hybridized carbons (Fsp3) is 0.611. The van der Waals surface area contributed by atoms with E-state index in [1.165, 1.54) is 9.87 Å². The number of carbonyl (C=O) groups excluding carboxylic acids is 1. The number of fused-ring (bicyclic) bond motifs is 1. The highest BCUT2D eigenvalue weighted by Gasteiger charge is 2.56.